The van der Waals surface area contributed by atoms with Gasteiger partial charge in [0.2, 0.25) is 0 Å². The lowest BCUT2D eigenvalue weighted by Gasteiger charge is -2.44. The van der Waals surface area contributed by atoms with Crippen LogP contribution in [0.3, 0.4) is 0 Å². The van der Waals surface area contributed by atoms with Crippen molar-refractivity contribution in [1.29, 1.82) is 0 Å². The van der Waals surface area contributed by atoms with Crippen molar-refractivity contribution in [1.82, 2.24) is 0 Å². The number of rotatable bonds is 7. The Morgan fingerprint density at radius 2 is 1.14 bits per heavy atom. The molecule has 0 radical (unpaired) electrons. The Bertz CT molecular complexity index is 2930. The van der Waals surface area contributed by atoms with Crippen LogP contribution in [-0.4, -0.2) is 6.71 Å². The summed E-state index contributed by atoms with van der Waals surface area (Å²) in [4.78, 5) is 5.27. The van der Waals surface area contributed by atoms with Gasteiger partial charge < -0.3 is 9.80 Å². The molecule has 0 unspecified atom stereocenters. The lowest BCUT2D eigenvalue weighted by molar-refractivity contribution is 0.506. The topological polar surface area (TPSA) is 6.48 Å². The standard InChI is InChI=1S/C59H65BN2S/c1-13-58(9,10)40-23-28-44(29-24-40)61-50-19-16-20-51-53(50)60(55-54(61)46-35-42(57(6,7)8)27-32-52(46)63-55)47-36-43(59(11,12)14-2)26-31-49(47)62(51)48-30-25-41(56(3,4)5)34-45(48)39-22-21-37-17-15-18-38(37)33-39/h16,19-36H,13-15,17-18H2,1-12H3. The third kappa shape index (κ3) is 6.80. The van der Waals surface area contributed by atoms with E-state index in [1.54, 1.807) is 0 Å². The molecule has 10 rings (SSSR count). The highest BCUT2D eigenvalue weighted by Gasteiger charge is 2.46. The highest BCUT2D eigenvalue weighted by Crippen LogP contribution is 2.51. The van der Waals surface area contributed by atoms with E-state index >= 15 is 0 Å². The number of fused-ring (bicyclic) bond motifs is 7. The van der Waals surface area contributed by atoms with E-state index in [1.807, 2.05) is 11.3 Å². The van der Waals surface area contributed by atoms with Crippen LogP contribution >= 0.6 is 11.3 Å². The van der Waals surface area contributed by atoms with Crippen LogP contribution in [0.1, 0.15) is 136 Å². The van der Waals surface area contributed by atoms with E-state index in [1.165, 1.54) is 117 Å². The molecule has 0 N–H and O–H groups in total. The second-order valence-electron chi connectivity index (χ2n) is 22.2. The molecule has 2 aliphatic heterocycles. The van der Waals surface area contributed by atoms with Crippen molar-refractivity contribution < 1.29 is 0 Å². The first kappa shape index (κ1) is 41.9. The molecule has 0 amide bonds. The molecular weight excluding hydrogens is 780 g/mol. The molecule has 63 heavy (non-hydrogen) atoms. The van der Waals surface area contributed by atoms with Crippen molar-refractivity contribution in [2.45, 2.75) is 137 Å². The van der Waals surface area contributed by atoms with E-state index in [0.29, 0.717) is 0 Å². The maximum atomic E-state index is 2.64. The van der Waals surface area contributed by atoms with Crippen LogP contribution in [0.5, 0.6) is 0 Å². The van der Waals surface area contributed by atoms with E-state index in [9.17, 15) is 0 Å². The second-order valence-corrected chi connectivity index (χ2v) is 23.3. The van der Waals surface area contributed by atoms with Crippen LogP contribution in [-0.2, 0) is 34.5 Å². The lowest BCUT2D eigenvalue weighted by Crippen LogP contribution is -2.60. The number of hydrogen-bond donors (Lipinski definition) is 0. The largest absolute Gasteiger partial charge is 0.311 e. The first-order valence-electron chi connectivity index (χ1n) is 23.7. The van der Waals surface area contributed by atoms with Crippen molar-refractivity contribution in [3.05, 3.63) is 149 Å². The molecular formula is C59H65BN2S. The van der Waals surface area contributed by atoms with E-state index in [0.717, 1.165) is 19.3 Å². The van der Waals surface area contributed by atoms with Gasteiger partial charge in [0.05, 0.1) is 11.4 Å². The van der Waals surface area contributed by atoms with Crippen LogP contribution in [0.25, 0.3) is 21.2 Å². The minimum Gasteiger partial charge on any atom is -0.311 e. The fourth-order valence-corrected chi connectivity index (χ4v) is 11.8. The van der Waals surface area contributed by atoms with Crippen LogP contribution in [0.15, 0.2) is 115 Å². The van der Waals surface area contributed by atoms with Gasteiger partial charge in [0.1, 0.15) is 0 Å². The maximum Gasteiger partial charge on any atom is 0.264 e. The average molecular weight is 845 g/mol. The fraction of sp³-hybridized carbons (Fsp3) is 0.356. The zero-order valence-corrected chi connectivity index (χ0v) is 40.7. The molecule has 7 aromatic rings. The zero-order chi connectivity index (χ0) is 44.4. The number of hydrogen-bond acceptors (Lipinski definition) is 3. The molecule has 3 heterocycles. The molecule has 0 atom stereocenters. The SMILES string of the molecule is CCC(C)(C)c1ccc(N2c3cccc4c3B(c3cc(C(C)(C)CC)ccc3N4c3ccc(C(C)(C)C)cc3-c3ccc4c(c3)CCC4)c3sc4ccc(C(C)(C)C)cc4c32)cc1. The van der Waals surface area contributed by atoms with Gasteiger partial charge in [0.25, 0.3) is 6.71 Å². The Labute approximate surface area is 382 Å². The number of nitrogens with zero attached hydrogens (tertiary/aromatic N) is 2. The van der Waals surface area contributed by atoms with Gasteiger partial charge in [0, 0.05) is 43.2 Å². The molecule has 0 saturated carbocycles. The van der Waals surface area contributed by atoms with Crippen LogP contribution in [0, 0.1) is 0 Å². The first-order chi connectivity index (χ1) is 29.9. The maximum absolute atomic E-state index is 2.64. The molecule has 0 fully saturated rings. The third-order valence-electron chi connectivity index (χ3n) is 15.4. The summed E-state index contributed by atoms with van der Waals surface area (Å²) >= 11 is 2.00. The summed E-state index contributed by atoms with van der Waals surface area (Å²) in [5.74, 6) is 0. The summed E-state index contributed by atoms with van der Waals surface area (Å²) < 4.78 is 2.78. The van der Waals surface area contributed by atoms with Gasteiger partial charge in [-0.05, 0) is 158 Å². The summed E-state index contributed by atoms with van der Waals surface area (Å²) in [6.07, 6.45) is 5.75. The minimum atomic E-state index is 0.00822. The molecule has 4 heteroatoms. The number of benzene rings is 6. The molecule has 0 bridgehead atoms. The molecule has 0 spiro atoms. The van der Waals surface area contributed by atoms with Crippen molar-refractivity contribution in [3.8, 4) is 11.1 Å². The lowest BCUT2D eigenvalue weighted by atomic mass is 9.36. The summed E-state index contributed by atoms with van der Waals surface area (Å²) in [5, 5.41) is 1.35. The second kappa shape index (κ2) is 14.7. The summed E-state index contributed by atoms with van der Waals surface area (Å²) in [7, 11) is 0. The summed E-state index contributed by atoms with van der Waals surface area (Å²) in [5.41, 5.74) is 21.7. The van der Waals surface area contributed by atoms with Crippen LogP contribution in [0.2, 0.25) is 0 Å². The molecule has 320 valence electrons. The zero-order valence-electron chi connectivity index (χ0n) is 39.9. The normalized spacial score (nSPS) is 14.8. The average Bonchev–Trinajstić information content (AvgIpc) is 3.90. The van der Waals surface area contributed by atoms with E-state index in [2.05, 4.69) is 208 Å². The molecule has 6 aromatic carbocycles. The van der Waals surface area contributed by atoms with Gasteiger partial charge in [-0.3, -0.25) is 0 Å². The van der Waals surface area contributed by atoms with Crippen LogP contribution in [0.4, 0.5) is 34.1 Å². The van der Waals surface area contributed by atoms with Gasteiger partial charge in [-0.1, -0.05) is 144 Å². The summed E-state index contributed by atoms with van der Waals surface area (Å²) in [6.45, 7) is 28.3. The van der Waals surface area contributed by atoms with Crippen LogP contribution < -0.4 is 25.5 Å². The van der Waals surface area contributed by atoms with E-state index in [-0.39, 0.29) is 28.4 Å². The summed E-state index contributed by atoms with van der Waals surface area (Å²) in [6, 6.07) is 46.1. The van der Waals surface area contributed by atoms with Crippen molar-refractivity contribution in [3.63, 3.8) is 0 Å². The highest BCUT2D eigenvalue weighted by molar-refractivity contribution is 7.33. The van der Waals surface area contributed by atoms with Gasteiger partial charge in [0.15, 0.2) is 0 Å². The Hall–Kier alpha value is -5.06. The molecule has 3 aliphatic rings. The molecule has 2 nitrogen and oxygen atoms in total. The monoisotopic (exact) mass is 844 g/mol. The number of thiophene rings is 1. The first-order valence-corrected chi connectivity index (χ1v) is 24.5. The van der Waals surface area contributed by atoms with Crippen molar-refractivity contribution >= 4 is 78.0 Å². The fourth-order valence-electron chi connectivity index (χ4n) is 10.5. The molecule has 1 aromatic heterocycles. The van der Waals surface area contributed by atoms with Crippen molar-refractivity contribution in [2.24, 2.45) is 0 Å². The van der Waals surface area contributed by atoms with Crippen molar-refractivity contribution in [2.75, 3.05) is 9.80 Å². The Balaban J connectivity index is 1.29. The van der Waals surface area contributed by atoms with Gasteiger partial charge >= 0.3 is 0 Å². The smallest absolute Gasteiger partial charge is 0.264 e. The van der Waals surface area contributed by atoms with Gasteiger partial charge in [-0.25, -0.2) is 0 Å². The number of aryl methyl sites for hydroxylation is 2. The third-order valence-corrected chi connectivity index (χ3v) is 16.6. The predicted octanol–water partition coefficient (Wildman–Crippen LogP) is 15.1. The number of anilines is 6. The Morgan fingerprint density at radius 3 is 1.84 bits per heavy atom. The van der Waals surface area contributed by atoms with Gasteiger partial charge in [-0.2, -0.15) is 0 Å². The Morgan fingerprint density at radius 1 is 0.540 bits per heavy atom. The predicted molar refractivity (Wildman–Crippen MR) is 277 cm³/mol. The van der Waals surface area contributed by atoms with E-state index in [4.69, 9.17) is 0 Å². The quantitative estimate of drug-likeness (QED) is 0.148. The molecule has 0 saturated heterocycles. The van der Waals surface area contributed by atoms with Gasteiger partial charge in [-0.15, -0.1) is 11.3 Å². The highest BCUT2D eigenvalue weighted by atomic mass is 32.1. The molecule has 1 aliphatic carbocycles. The Kier molecular flexibility index (Phi) is 9.81. The van der Waals surface area contributed by atoms with E-state index < -0.39 is 0 Å². The minimum absolute atomic E-state index is 0.00822.